The summed E-state index contributed by atoms with van der Waals surface area (Å²) < 4.78 is 10.6. The molecule has 0 bridgehead atoms. The summed E-state index contributed by atoms with van der Waals surface area (Å²) in [5.41, 5.74) is -1.24. The molecule has 4 rings (SSSR count). The highest BCUT2D eigenvalue weighted by atomic mass is 16.6. The normalized spacial score (nSPS) is 43.9. The number of esters is 2. The maximum absolute atomic E-state index is 13.1. The summed E-state index contributed by atoms with van der Waals surface area (Å²) in [5.74, 6) is 1.07. The molecular weight excluding hydrogens is 396 g/mol. The monoisotopic (exact) mass is 432 g/mol. The van der Waals surface area contributed by atoms with Crippen molar-refractivity contribution in [2.45, 2.75) is 91.1 Å². The number of ether oxygens (including phenoxy) is 2. The Balaban J connectivity index is 1.56. The molecule has 0 aromatic rings. The largest absolute Gasteiger partial charge is 0.458 e. The van der Waals surface area contributed by atoms with Crippen LogP contribution in [-0.4, -0.2) is 35.7 Å². The van der Waals surface area contributed by atoms with Crippen molar-refractivity contribution < 1.29 is 28.7 Å². The second-order valence-electron chi connectivity index (χ2n) is 11.1. The fourth-order valence-electron chi connectivity index (χ4n) is 7.98. The molecule has 0 radical (unpaired) electrons. The summed E-state index contributed by atoms with van der Waals surface area (Å²) in [5, 5.41) is 0. The van der Waals surface area contributed by atoms with Crippen LogP contribution in [-0.2, 0) is 28.7 Å². The molecule has 0 aromatic carbocycles. The maximum atomic E-state index is 13.1. The lowest BCUT2D eigenvalue weighted by Gasteiger charge is -2.61. The molecule has 6 nitrogen and oxygen atoms in total. The highest BCUT2D eigenvalue weighted by Gasteiger charge is 2.62. The zero-order valence-corrected chi connectivity index (χ0v) is 19.3. The molecule has 0 aliphatic heterocycles. The van der Waals surface area contributed by atoms with Gasteiger partial charge in [0.25, 0.3) is 0 Å². The molecule has 4 saturated carbocycles. The van der Waals surface area contributed by atoms with Gasteiger partial charge in [0, 0.05) is 25.7 Å². The number of carbonyl (C=O) groups excluding carboxylic acids is 4. The fourth-order valence-corrected chi connectivity index (χ4v) is 7.98. The van der Waals surface area contributed by atoms with Gasteiger partial charge in [0.05, 0.1) is 0 Å². The van der Waals surface area contributed by atoms with E-state index >= 15 is 0 Å². The first-order valence-corrected chi connectivity index (χ1v) is 11.9. The Morgan fingerprint density at radius 1 is 0.935 bits per heavy atom. The van der Waals surface area contributed by atoms with Crippen LogP contribution in [0.5, 0.6) is 0 Å². The number of ketones is 2. The molecule has 0 unspecified atom stereocenters. The van der Waals surface area contributed by atoms with Gasteiger partial charge in [-0.05, 0) is 80.5 Å². The van der Waals surface area contributed by atoms with Crippen LogP contribution in [0.4, 0.5) is 0 Å². The molecule has 0 amide bonds. The Bertz CT molecular complexity index is 804. The van der Waals surface area contributed by atoms with Gasteiger partial charge < -0.3 is 9.47 Å². The fraction of sp³-hybridized carbons (Fsp3) is 0.840. The van der Waals surface area contributed by atoms with E-state index in [1.165, 1.54) is 13.8 Å². The summed E-state index contributed by atoms with van der Waals surface area (Å²) in [6.07, 6.45) is 7.65. The average Bonchev–Trinajstić information content (AvgIpc) is 3.01. The first-order valence-electron chi connectivity index (χ1n) is 11.9. The standard InChI is InChI=1S/C25H36O6/c1-15(26)30-14-22(29)25(31-16(2)27)12-11-23(3)17(13-25)5-6-18-19-7-8-21(28)24(19,4)10-9-20(18)23/h17-20H,5-14H2,1-4H3/t17-,18-,19-,20-,23-,24-,25-/m0/s1. The Morgan fingerprint density at radius 3 is 2.35 bits per heavy atom. The van der Waals surface area contributed by atoms with Crippen molar-refractivity contribution in [2.75, 3.05) is 6.61 Å². The Hall–Kier alpha value is -1.72. The van der Waals surface area contributed by atoms with E-state index in [2.05, 4.69) is 13.8 Å². The minimum Gasteiger partial charge on any atom is -0.458 e. The molecule has 31 heavy (non-hydrogen) atoms. The van der Waals surface area contributed by atoms with Gasteiger partial charge in [-0.25, -0.2) is 0 Å². The van der Waals surface area contributed by atoms with Gasteiger partial charge in [0.2, 0.25) is 5.78 Å². The van der Waals surface area contributed by atoms with E-state index in [4.69, 9.17) is 9.47 Å². The molecule has 0 N–H and O–H groups in total. The molecule has 0 saturated heterocycles. The molecule has 7 atom stereocenters. The van der Waals surface area contributed by atoms with Crippen molar-refractivity contribution in [2.24, 2.45) is 34.5 Å². The third kappa shape index (κ3) is 3.54. The van der Waals surface area contributed by atoms with Gasteiger partial charge in [-0.1, -0.05) is 13.8 Å². The van der Waals surface area contributed by atoms with E-state index in [0.29, 0.717) is 36.4 Å². The zero-order chi connectivity index (χ0) is 22.6. The SMILES string of the molecule is CC(=O)OCC(=O)[C@]1(OC(C)=O)CC[C@@]2(C)[C@@H](CC[C@@H]3[C@@H]2CC[C@]2(C)C(=O)CC[C@@H]32)C1. The summed E-state index contributed by atoms with van der Waals surface area (Å²) in [6.45, 7) is 6.82. The van der Waals surface area contributed by atoms with Crippen molar-refractivity contribution >= 4 is 23.5 Å². The van der Waals surface area contributed by atoms with Crippen molar-refractivity contribution in [3.05, 3.63) is 0 Å². The molecular formula is C25H36O6. The molecule has 4 fully saturated rings. The first-order chi connectivity index (χ1) is 14.5. The summed E-state index contributed by atoms with van der Waals surface area (Å²) in [6, 6.07) is 0. The van der Waals surface area contributed by atoms with Crippen LogP contribution in [0.2, 0.25) is 0 Å². The van der Waals surface area contributed by atoms with Crippen molar-refractivity contribution in [1.82, 2.24) is 0 Å². The summed E-state index contributed by atoms with van der Waals surface area (Å²) in [7, 11) is 0. The van der Waals surface area contributed by atoms with Crippen LogP contribution in [0, 0.1) is 34.5 Å². The summed E-state index contributed by atoms with van der Waals surface area (Å²) >= 11 is 0. The van der Waals surface area contributed by atoms with E-state index in [9.17, 15) is 19.2 Å². The Morgan fingerprint density at radius 2 is 1.68 bits per heavy atom. The van der Waals surface area contributed by atoms with Crippen LogP contribution in [0.1, 0.15) is 85.5 Å². The predicted molar refractivity (Wildman–Crippen MR) is 113 cm³/mol. The van der Waals surface area contributed by atoms with Crippen molar-refractivity contribution in [3.63, 3.8) is 0 Å². The minimum absolute atomic E-state index is 0.0846. The number of hydrogen-bond donors (Lipinski definition) is 0. The highest BCUT2D eigenvalue weighted by Crippen LogP contribution is 2.66. The van der Waals surface area contributed by atoms with Crippen LogP contribution in [0.15, 0.2) is 0 Å². The minimum atomic E-state index is -1.19. The van der Waals surface area contributed by atoms with E-state index in [1.807, 2.05) is 0 Å². The third-order valence-corrected chi connectivity index (χ3v) is 9.67. The first kappa shape index (κ1) is 22.5. The van der Waals surface area contributed by atoms with E-state index in [1.54, 1.807) is 0 Å². The van der Waals surface area contributed by atoms with E-state index in [0.717, 1.165) is 44.9 Å². The smallest absolute Gasteiger partial charge is 0.303 e. The van der Waals surface area contributed by atoms with Gasteiger partial charge in [-0.15, -0.1) is 0 Å². The number of carbonyl (C=O) groups is 4. The topological polar surface area (TPSA) is 86.7 Å². The lowest BCUT2D eigenvalue weighted by molar-refractivity contribution is -0.189. The van der Waals surface area contributed by atoms with Gasteiger partial charge in [0.1, 0.15) is 5.78 Å². The summed E-state index contributed by atoms with van der Waals surface area (Å²) in [4.78, 5) is 48.8. The second-order valence-corrected chi connectivity index (χ2v) is 11.1. The van der Waals surface area contributed by atoms with Crippen LogP contribution in [0.3, 0.4) is 0 Å². The van der Waals surface area contributed by atoms with Gasteiger partial charge in [-0.2, -0.15) is 0 Å². The number of hydrogen-bond acceptors (Lipinski definition) is 6. The van der Waals surface area contributed by atoms with Gasteiger partial charge in [-0.3, -0.25) is 19.2 Å². The second kappa shape index (κ2) is 7.70. The number of Topliss-reactive ketones (excluding diaryl/α,β-unsaturated/α-hetero) is 2. The lowest BCUT2D eigenvalue weighted by atomic mass is 9.44. The Kier molecular flexibility index (Phi) is 5.58. The van der Waals surface area contributed by atoms with Crippen molar-refractivity contribution in [3.8, 4) is 0 Å². The molecule has 0 heterocycles. The Labute approximate surface area is 184 Å². The molecule has 6 heteroatoms. The molecule has 0 spiro atoms. The highest BCUT2D eigenvalue weighted by molar-refractivity contribution is 5.91. The average molecular weight is 433 g/mol. The van der Waals surface area contributed by atoms with Crippen LogP contribution in [0.25, 0.3) is 0 Å². The van der Waals surface area contributed by atoms with Crippen LogP contribution < -0.4 is 0 Å². The molecule has 4 aliphatic carbocycles. The number of fused-ring (bicyclic) bond motifs is 5. The quantitative estimate of drug-likeness (QED) is 0.623. The maximum Gasteiger partial charge on any atom is 0.303 e. The molecule has 0 aromatic heterocycles. The van der Waals surface area contributed by atoms with Gasteiger partial charge >= 0.3 is 11.9 Å². The van der Waals surface area contributed by atoms with Gasteiger partial charge in [0.15, 0.2) is 12.2 Å². The van der Waals surface area contributed by atoms with Crippen LogP contribution >= 0.6 is 0 Å². The number of rotatable bonds is 4. The third-order valence-electron chi connectivity index (χ3n) is 9.67. The zero-order valence-electron chi connectivity index (χ0n) is 19.3. The van der Waals surface area contributed by atoms with Crippen molar-refractivity contribution in [1.29, 1.82) is 0 Å². The molecule has 4 aliphatic rings. The van der Waals surface area contributed by atoms with E-state index < -0.39 is 17.5 Å². The molecule has 172 valence electrons. The lowest BCUT2D eigenvalue weighted by Crippen LogP contribution is -2.59. The van der Waals surface area contributed by atoms with E-state index in [-0.39, 0.29) is 29.1 Å². The predicted octanol–water partition coefficient (Wildman–Crippen LogP) is 4.03.